The minimum absolute atomic E-state index is 0.231. The van der Waals surface area contributed by atoms with Crippen LogP contribution in [0.15, 0.2) is 22.7 Å². The Morgan fingerprint density at radius 2 is 2.24 bits per heavy atom. The monoisotopic (exact) mass is 376 g/mol. The Kier molecular flexibility index (Phi) is 5.65. The first-order valence-corrected chi connectivity index (χ1v) is 9.60. The minimum Gasteiger partial charge on any atom is -0.492 e. The van der Waals surface area contributed by atoms with E-state index in [1.54, 1.807) is 0 Å². The molecular formula is C14H21BrN2O3S. The Morgan fingerprint density at radius 3 is 2.86 bits per heavy atom. The van der Waals surface area contributed by atoms with Crippen LogP contribution >= 0.6 is 15.9 Å². The summed E-state index contributed by atoms with van der Waals surface area (Å²) in [7, 11) is -3.10. The molecule has 1 aromatic carbocycles. The van der Waals surface area contributed by atoms with Crippen LogP contribution in [0.3, 0.4) is 0 Å². The van der Waals surface area contributed by atoms with E-state index in [9.17, 15) is 8.42 Å². The van der Waals surface area contributed by atoms with Gasteiger partial charge in [-0.1, -0.05) is 6.07 Å². The zero-order valence-electron chi connectivity index (χ0n) is 12.1. The third kappa shape index (κ3) is 4.67. The molecule has 2 rings (SSSR count). The van der Waals surface area contributed by atoms with Gasteiger partial charge in [0, 0.05) is 25.6 Å². The van der Waals surface area contributed by atoms with Gasteiger partial charge >= 0.3 is 0 Å². The van der Waals surface area contributed by atoms with Crippen molar-refractivity contribution in [2.24, 2.45) is 11.7 Å². The number of benzene rings is 1. The number of hydrogen-bond donors (Lipinski definition) is 1. The number of nitrogens with zero attached hydrogens (tertiary/aromatic N) is 1. The molecule has 2 N–H and O–H groups in total. The first-order chi connectivity index (χ1) is 9.90. The van der Waals surface area contributed by atoms with Gasteiger partial charge in [-0.2, -0.15) is 0 Å². The van der Waals surface area contributed by atoms with Crippen molar-refractivity contribution in [1.29, 1.82) is 0 Å². The predicted molar refractivity (Wildman–Crippen MR) is 86.7 cm³/mol. The fourth-order valence-electron chi connectivity index (χ4n) is 2.46. The van der Waals surface area contributed by atoms with Crippen molar-refractivity contribution < 1.29 is 13.2 Å². The van der Waals surface area contributed by atoms with E-state index in [-0.39, 0.29) is 5.92 Å². The first-order valence-electron chi connectivity index (χ1n) is 6.96. The predicted octanol–water partition coefficient (Wildman–Crippen LogP) is 1.96. The molecule has 118 valence electrons. The fourth-order valence-corrected chi connectivity index (χ4v) is 3.94. The van der Waals surface area contributed by atoms with Crippen LogP contribution in [0.2, 0.25) is 0 Å². The standard InChI is InChI=1S/C14H21BrN2O3S/c1-21(18,19)17-6-2-3-12(9-17)10-20-14-5-4-11(8-16)7-13(14)15/h4-5,7,12H,2-3,6,8-10,16H2,1H3. The molecule has 0 spiro atoms. The van der Waals surface area contributed by atoms with Gasteiger partial charge in [0.1, 0.15) is 5.75 Å². The van der Waals surface area contributed by atoms with Crippen LogP contribution < -0.4 is 10.5 Å². The second-order valence-electron chi connectivity index (χ2n) is 5.41. The second kappa shape index (κ2) is 7.09. The maximum Gasteiger partial charge on any atom is 0.211 e. The highest BCUT2D eigenvalue weighted by molar-refractivity contribution is 9.10. The van der Waals surface area contributed by atoms with Crippen LogP contribution in [0, 0.1) is 5.92 Å². The smallest absolute Gasteiger partial charge is 0.211 e. The van der Waals surface area contributed by atoms with Crippen molar-refractivity contribution in [1.82, 2.24) is 4.31 Å². The highest BCUT2D eigenvalue weighted by Gasteiger charge is 2.26. The van der Waals surface area contributed by atoms with Crippen molar-refractivity contribution >= 4 is 26.0 Å². The van der Waals surface area contributed by atoms with Crippen LogP contribution in [0.5, 0.6) is 5.75 Å². The third-order valence-corrected chi connectivity index (χ3v) is 5.55. The molecule has 1 fully saturated rings. The summed E-state index contributed by atoms with van der Waals surface area (Å²) in [6.45, 7) is 2.17. The maximum atomic E-state index is 11.6. The van der Waals surface area contributed by atoms with Crippen LogP contribution in [-0.2, 0) is 16.6 Å². The Labute approximate surface area is 134 Å². The Bertz CT molecular complexity index is 592. The molecule has 0 saturated carbocycles. The van der Waals surface area contributed by atoms with Crippen molar-refractivity contribution in [3.63, 3.8) is 0 Å². The summed E-state index contributed by atoms with van der Waals surface area (Å²) in [5.74, 6) is 0.998. The Balaban J connectivity index is 1.94. The van der Waals surface area contributed by atoms with E-state index in [2.05, 4.69) is 15.9 Å². The van der Waals surface area contributed by atoms with Crippen LogP contribution in [0.1, 0.15) is 18.4 Å². The lowest BCUT2D eigenvalue weighted by molar-refractivity contribution is 0.180. The molecule has 1 heterocycles. The molecule has 0 radical (unpaired) electrons. The normalized spacial score (nSPS) is 20.4. The van der Waals surface area contributed by atoms with E-state index < -0.39 is 10.0 Å². The van der Waals surface area contributed by atoms with Gasteiger partial charge in [0.05, 0.1) is 17.3 Å². The fraction of sp³-hybridized carbons (Fsp3) is 0.571. The van der Waals surface area contributed by atoms with E-state index in [0.29, 0.717) is 26.2 Å². The van der Waals surface area contributed by atoms with Gasteiger partial charge in [-0.05, 0) is 46.5 Å². The van der Waals surface area contributed by atoms with E-state index >= 15 is 0 Å². The molecule has 1 atom stereocenters. The van der Waals surface area contributed by atoms with Crippen LogP contribution in [0.4, 0.5) is 0 Å². The van der Waals surface area contributed by atoms with Gasteiger partial charge < -0.3 is 10.5 Å². The van der Waals surface area contributed by atoms with Gasteiger partial charge in [0.2, 0.25) is 10.0 Å². The number of hydrogen-bond acceptors (Lipinski definition) is 4. The SMILES string of the molecule is CS(=O)(=O)N1CCCC(COc2ccc(CN)cc2Br)C1. The van der Waals surface area contributed by atoms with E-state index in [1.807, 2.05) is 18.2 Å². The zero-order chi connectivity index (χ0) is 15.5. The van der Waals surface area contributed by atoms with Gasteiger partial charge in [-0.15, -0.1) is 0 Å². The highest BCUT2D eigenvalue weighted by Crippen LogP contribution is 2.27. The molecule has 0 bridgehead atoms. The second-order valence-corrected chi connectivity index (χ2v) is 8.25. The highest BCUT2D eigenvalue weighted by atomic mass is 79.9. The summed E-state index contributed by atoms with van der Waals surface area (Å²) in [5.41, 5.74) is 6.63. The minimum atomic E-state index is -3.10. The first kappa shape index (κ1) is 16.7. The summed E-state index contributed by atoms with van der Waals surface area (Å²) < 4.78 is 31.4. The molecule has 5 nitrogen and oxygen atoms in total. The summed E-state index contributed by atoms with van der Waals surface area (Å²) in [4.78, 5) is 0. The summed E-state index contributed by atoms with van der Waals surface area (Å²) in [5, 5.41) is 0. The molecular weight excluding hydrogens is 356 g/mol. The van der Waals surface area contributed by atoms with Crippen LogP contribution in [-0.4, -0.2) is 38.7 Å². The van der Waals surface area contributed by atoms with Gasteiger partial charge in [-0.25, -0.2) is 12.7 Å². The maximum absolute atomic E-state index is 11.6. The van der Waals surface area contributed by atoms with Crippen molar-refractivity contribution in [3.05, 3.63) is 28.2 Å². The summed E-state index contributed by atoms with van der Waals surface area (Å²) >= 11 is 3.47. The van der Waals surface area contributed by atoms with Crippen LogP contribution in [0.25, 0.3) is 0 Å². The number of ether oxygens (including phenoxy) is 1. The number of halogens is 1. The average Bonchev–Trinajstić information content (AvgIpc) is 2.45. The van der Waals surface area contributed by atoms with Gasteiger partial charge in [0.25, 0.3) is 0 Å². The molecule has 1 saturated heterocycles. The largest absolute Gasteiger partial charge is 0.492 e. The molecule has 1 aromatic rings. The summed E-state index contributed by atoms with van der Waals surface area (Å²) in [6, 6.07) is 5.77. The molecule has 1 aliphatic rings. The molecule has 0 aromatic heterocycles. The van der Waals surface area contributed by atoms with Crippen molar-refractivity contribution in [2.45, 2.75) is 19.4 Å². The van der Waals surface area contributed by atoms with Crippen molar-refractivity contribution in [3.8, 4) is 5.75 Å². The van der Waals surface area contributed by atoms with E-state index in [0.717, 1.165) is 28.6 Å². The van der Waals surface area contributed by atoms with E-state index in [1.165, 1.54) is 10.6 Å². The molecule has 1 unspecified atom stereocenters. The Hall–Kier alpha value is -0.630. The quantitative estimate of drug-likeness (QED) is 0.852. The van der Waals surface area contributed by atoms with Crippen molar-refractivity contribution in [2.75, 3.05) is 26.0 Å². The van der Waals surface area contributed by atoms with Gasteiger partial charge in [-0.3, -0.25) is 0 Å². The molecule has 1 aliphatic heterocycles. The number of piperidine rings is 1. The third-order valence-electron chi connectivity index (χ3n) is 3.66. The average molecular weight is 377 g/mol. The number of sulfonamides is 1. The summed E-state index contributed by atoms with van der Waals surface area (Å²) in [6.07, 6.45) is 3.14. The lowest BCUT2D eigenvalue weighted by Crippen LogP contribution is -2.40. The molecule has 0 aliphatic carbocycles. The molecule has 0 amide bonds. The van der Waals surface area contributed by atoms with Gasteiger partial charge in [0.15, 0.2) is 0 Å². The number of rotatable bonds is 5. The lowest BCUT2D eigenvalue weighted by atomic mass is 10.0. The lowest BCUT2D eigenvalue weighted by Gasteiger charge is -2.30. The molecule has 21 heavy (non-hydrogen) atoms. The number of nitrogens with two attached hydrogens (primary N) is 1. The zero-order valence-corrected chi connectivity index (χ0v) is 14.5. The van der Waals surface area contributed by atoms with E-state index in [4.69, 9.17) is 10.5 Å². The topological polar surface area (TPSA) is 72.6 Å². The Morgan fingerprint density at radius 1 is 1.48 bits per heavy atom. The molecule has 7 heteroatoms.